The number of hydrogen-bond acceptors (Lipinski definition) is 2. The molecule has 1 aliphatic heterocycles. The van der Waals surface area contributed by atoms with Gasteiger partial charge in [0.25, 0.3) is 0 Å². The minimum Gasteiger partial charge on any atom is -0.342 e. The van der Waals surface area contributed by atoms with Crippen LogP contribution in [0.3, 0.4) is 0 Å². The van der Waals surface area contributed by atoms with E-state index in [-0.39, 0.29) is 29.8 Å². The zero-order valence-corrected chi connectivity index (χ0v) is 12.8. The number of nitrogens with zero attached hydrogens (tertiary/aromatic N) is 1. The lowest BCUT2D eigenvalue weighted by molar-refractivity contribution is -0.152. The van der Waals surface area contributed by atoms with Gasteiger partial charge >= 0.3 is 0 Å². The maximum absolute atomic E-state index is 12.8. The van der Waals surface area contributed by atoms with Gasteiger partial charge in [-0.3, -0.25) is 9.59 Å². The zero-order valence-electron chi connectivity index (χ0n) is 12.8. The van der Waals surface area contributed by atoms with Crippen LogP contribution in [0.4, 0.5) is 0 Å². The highest BCUT2D eigenvalue weighted by molar-refractivity contribution is 5.97. The Bertz CT molecular complexity index is 417. The fourth-order valence-corrected chi connectivity index (χ4v) is 3.72. The van der Waals surface area contributed by atoms with Gasteiger partial charge in [0.05, 0.1) is 0 Å². The van der Waals surface area contributed by atoms with Gasteiger partial charge < -0.3 is 10.2 Å². The van der Waals surface area contributed by atoms with Crippen molar-refractivity contribution < 1.29 is 9.59 Å². The molecule has 0 aromatic carbocycles. The minimum absolute atomic E-state index is 0.0682. The molecule has 2 saturated carbocycles. The van der Waals surface area contributed by atoms with Crippen molar-refractivity contribution in [1.29, 1.82) is 0 Å². The molecule has 2 aliphatic carbocycles. The van der Waals surface area contributed by atoms with Crippen molar-refractivity contribution in [2.75, 3.05) is 0 Å². The van der Waals surface area contributed by atoms with Crippen LogP contribution in [-0.2, 0) is 9.59 Å². The number of rotatable bonds is 5. The van der Waals surface area contributed by atoms with E-state index in [9.17, 15) is 9.59 Å². The first-order valence-corrected chi connectivity index (χ1v) is 8.17. The summed E-state index contributed by atoms with van der Waals surface area (Å²) in [7, 11) is 0. The Morgan fingerprint density at radius 2 is 2.00 bits per heavy atom. The summed E-state index contributed by atoms with van der Waals surface area (Å²) >= 11 is 0. The summed E-state index contributed by atoms with van der Waals surface area (Å²) in [6.07, 6.45) is 5.59. The van der Waals surface area contributed by atoms with Gasteiger partial charge in [-0.25, -0.2) is 0 Å². The van der Waals surface area contributed by atoms with Crippen LogP contribution in [0.5, 0.6) is 0 Å². The summed E-state index contributed by atoms with van der Waals surface area (Å²) in [5.74, 6) is 1.46. The maximum atomic E-state index is 12.8. The highest BCUT2D eigenvalue weighted by Crippen LogP contribution is 2.44. The lowest BCUT2D eigenvalue weighted by atomic mass is 9.95. The van der Waals surface area contributed by atoms with Gasteiger partial charge in [0.15, 0.2) is 0 Å². The largest absolute Gasteiger partial charge is 0.342 e. The van der Waals surface area contributed by atoms with Gasteiger partial charge in [0.1, 0.15) is 12.1 Å². The molecule has 3 fully saturated rings. The van der Waals surface area contributed by atoms with Gasteiger partial charge in [-0.05, 0) is 43.4 Å². The number of carbonyl (C=O) groups excluding carboxylic acids is 2. The standard InChI is InChI=1S/C16H26N2O2/c1-4-5-11-8-12(11)18-14(9(2)3)15(19)17-13(16(18)20)10-6-7-10/h9-14H,4-8H2,1-3H3,(H,17,19). The third-order valence-corrected chi connectivity index (χ3v) is 5.01. The predicted octanol–water partition coefficient (Wildman–Crippen LogP) is 1.94. The predicted molar refractivity (Wildman–Crippen MR) is 76.9 cm³/mol. The lowest BCUT2D eigenvalue weighted by Gasteiger charge is -2.41. The molecule has 1 N–H and O–H groups in total. The van der Waals surface area contributed by atoms with Crippen molar-refractivity contribution in [2.24, 2.45) is 17.8 Å². The van der Waals surface area contributed by atoms with Crippen molar-refractivity contribution >= 4 is 11.8 Å². The summed E-state index contributed by atoms with van der Waals surface area (Å²) in [6, 6.07) is -0.174. The highest BCUT2D eigenvalue weighted by atomic mass is 16.2. The Hall–Kier alpha value is -1.06. The highest BCUT2D eigenvalue weighted by Gasteiger charge is 2.54. The summed E-state index contributed by atoms with van der Waals surface area (Å²) < 4.78 is 0. The fourth-order valence-electron chi connectivity index (χ4n) is 3.72. The Labute approximate surface area is 121 Å². The third-order valence-electron chi connectivity index (χ3n) is 5.01. The summed E-state index contributed by atoms with van der Waals surface area (Å²) in [6.45, 7) is 6.27. The zero-order chi connectivity index (χ0) is 14.4. The number of hydrogen-bond donors (Lipinski definition) is 1. The maximum Gasteiger partial charge on any atom is 0.246 e. The van der Waals surface area contributed by atoms with Crippen LogP contribution < -0.4 is 5.32 Å². The van der Waals surface area contributed by atoms with Gasteiger partial charge in [0.2, 0.25) is 11.8 Å². The molecule has 0 spiro atoms. The van der Waals surface area contributed by atoms with Crippen LogP contribution in [0.15, 0.2) is 0 Å². The molecule has 0 bridgehead atoms. The molecule has 0 aromatic heterocycles. The van der Waals surface area contributed by atoms with E-state index in [4.69, 9.17) is 0 Å². The molecular weight excluding hydrogens is 252 g/mol. The summed E-state index contributed by atoms with van der Waals surface area (Å²) in [5.41, 5.74) is 0. The second-order valence-electron chi connectivity index (χ2n) is 7.11. The average Bonchev–Trinajstić information content (AvgIpc) is 3.24. The molecule has 2 amide bonds. The lowest BCUT2D eigenvalue weighted by Crippen LogP contribution is -2.66. The first-order valence-electron chi connectivity index (χ1n) is 8.17. The molecule has 20 heavy (non-hydrogen) atoms. The number of piperazine rings is 1. The van der Waals surface area contributed by atoms with E-state index in [2.05, 4.69) is 12.2 Å². The number of nitrogens with one attached hydrogen (secondary N) is 1. The first-order chi connectivity index (χ1) is 9.54. The van der Waals surface area contributed by atoms with E-state index in [1.807, 2.05) is 18.7 Å². The molecule has 3 rings (SSSR count). The van der Waals surface area contributed by atoms with Crippen LogP contribution in [0.1, 0.15) is 52.9 Å². The van der Waals surface area contributed by atoms with E-state index >= 15 is 0 Å². The number of carbonyl (C=O) groups is 2. The molecule has 4 atom stereocenters. The van der Waals surface area contributed by atoms with Crippen molar-refractivity contribution in [1.82, 2.24) is 10.2 Å². The molecule has 112 valence electrons. The van der Waals surface area contributed by atoms with Crippen LogP contribution in [0.25, 0.3) is 0 Å². The average molecular weight is 278 g/mol. The minimum atomic E-state index is -0.260. The SMILES string of the molecule is CCCC1CC1N1C(=O)C(C2CC2)NC(=O)C1C(C)C. The first kappa shape index (κ1) is 13.9. The van der Waals surface area contributed by atoms with Crippen LogP contribution in [0, 0.1) is 17.8 Å². The van der Waals surface area contributed by atoms with Crippen molar-refractivity contribution in [3.05, 3.63) is 0 Å². The second kappa shape index (κ2) is 5.05. The quantitative estimate of drug-likeness (QED) is 0.835. The van der Waals surface area contributed by atoms with E-state index < -0.39 is 0 Å². The van der Waals surface area contributed by atoms with Crippen LogP contribution in [0.2, 0.25) is 0 Å². The van der Waals surface area contributed by atoms with Gasteiger partial charge in [-0.1, -0.05) is 27.2 Å². The van der Waals surface area contributed by atoms with E-state index in [1.54, 1.807) is 0 Å². The summed E-state index contributed by atoms with van der Waals surface area (Å²) in [5, 5.41) is 2.99. The Kier molecular flexibility index (Phi) is 3.51. The van der Waals surface area contributed by atoms with Gasteiger partial charge in [-0.2, -0.15) is 0 Å². The molecule has 3 aliphatic rings. The molecule has 4 unspecified atom stereocenters. The van der Waals surface area contributed by atoms with Crippen molar-refractivity contribution in [3.63, 3.8) is 0 Å². The topological polar surface area (TPSA) is 49.4 Å². The fraction of sp³-hybridized carbons (Fsp3) is 0.875. The van der Waals surface area contributed by atoms with Crippen molar-refractivity contribution in [3.8, 4) is 0 Å². The Balaban J connectivity index is 1.80. The normalized spacial score (nSPS) is 37.3. The van der Waals surface area contributed by atoms with Gasteiger partial charge in [-0.15, -0.1) is 0 Å². The Morgan fingerprint density at radius 3 is 2.55 bits per heavy atom. The van der Waals surface area contributed by atoms with E-state index in [0.717, 1.165) is 25.7 Å². The Morgan fingerprint density at radius 1 is 1.30 bits per heavy atom. The van der Waals surface area contributed by atoms with E-state index in [0.29, 0.717) is 17.9 Å². The summed E-state index contributed by atoms with van der Waals surface area (Å²) in [4.78, 5) is 27.2. The molecule has 0 radical (unpaired) electrons. The molecule has 0 aromatic rings. The third kappa shape index (κ3) is 2.33. The monoisotopic (exact) mass is 278 g/mol. The van der Waals surface area contributed by atoms with Crippen LogP contribution >= 0.6 is 0 Å². The van der Waals surface area contributed by atoms with E-state index in [1.165, 1.54) is 6.42 Å². The van der Waals surface area contributed by atoms with Gasteiger partial charge in [0, 0.05) is 6.04 Å². The molecule has 4 nitrogen and oxygen atoms in total. The molecule has 1 saturated heterocycles. The molecular formula is C16H26N2O2. The molecule has 4 heteroatoms. The van der Waals surface area contributed by atoms with Crippen molar-refractivity contribution in [2.45, 2.75) is 71.0 Å². The molecule has 1 heterocycles. The smallest absolute Gasteiger partial charge is 0.246 e. The van der Waals surface area contributed by atoms with Crippen LogP contribution in [-0.4, -0.2) is 34.8 Å². The second-order valence-corrected chi connectivity index (χ2v) is 7.11. The number of amides is 2.